The topological polar surface area (TPSA) is 9.23 Å². The highest BCUT2D eigenvalue weighted by Crippen LogP contribution is 2.37. The number of hydrogen-bond acceptors (Lipinski definition) is 1. The molecule has 0 aromatic heterocycles. The molecule has 0 saturated heterocycles. The predicted octanol–water partition coefficient (Wildman–Crippen LogP) is 8.80. The Hall–Kier alpha value is -3.27. The van der Waals surface area contributed by atoms with Crippen molar-refractivity contribution in [2.75, 3.05) is 6.61 Å². The molecule has 0 aliphatic heterocycles. The fourth-order valence-corrected chi connectivity index (χ4v) is 4.53. The van der Waals surface area contributed by atoms with Gasteiger partial charge >= 0.3 is 0 Å². The Morgan fingerprint density at radius 1 is 0.882 bits per heavy atom. The van der Waals surface area contributed by atoms with E-state index in [1.54, 1.807) is 54.6 Å². The normalized spacial score (nSPS) is 18.2. The zero-order valence-electron chi connectivity index (χ0n) is 19.4. The minimum atomic E-state index is -0.801. The highest BCUT2D eigenvalue weighted by molar-refractivity contribution is 5.73. The van der Waals surface area contributed by atoms with E-state index in [0.29, 0.717) is 35.0 Å². The predicted molar refractivity (Wildman–Crippen MR) is 133 cm³/mol. The number of rotatable bonds is 7. The Morgan fingerprint density at radius 3 is 2.29 bits per heavy atom. The first-order valence-corrected chi connectivity index (χ1v) is 11.8. The molecule has 0 atom stereocenters. The summed E-state index contributed by atoms with van der Waals surface area (Å²) in [7, 11) is 0. The summed E-state index contributed by atoms with van der Waals surface area (Å²) in [5, 5.41) is 0. The summed E-state index contributed by atoms with van der Waals surface area (Å²) in [4.78, 5) is 0. The van der Waals surface area contributed by atoms with Crippen molar-refractivity contribution in [3.05, 3.63) is 101 Å². The Bertz CT molecular complexity index is 1170. The van der Waals surface area contributed by atoms with Gasteiger partial charge in [0.1, 0.15) is 18.2 Å². The second-order valence-corrected chi connectivity index (χ2v) is 9.03. The van der Waals surface area contributed by atoms with Crippen LogP contribution in [0.5, 0.6) is 5.75 Å². The minimum absolute atomic E-state index is 0.0966. The quantitative estimate of drug-likeness (QED) is 0.252. The molecule has 1 aliphatic rings. The summed E-state index contributed by atoms with van der Waals surface area (Å²) in [6, 6.07) is 15.4. The molecule has 0 N–H and O–H groups in total. The number of ether oxygens (including phenoxy) is 1. The van der Waals surface area contributed by atoms with Gasteiger partial charge < -0.3 is 4.74 Å². The van der Waals surface area contributed by atoms with Crippen LogP contribution < -0.4 is 4.74 Å². The first kappa shape index (κ1) is 23.9. The van der Waals surface area contributed by atoms with E-state index >= 15 is 0 Å². The van der Waals surface area contributed by atoms with Crippen LogP contribution in [-0.4, -0.2) is 6.61 Å². The van der Waals surface area contributed by atoms with E-state index < -0.39 is 11.6 Å². The van der Waals surface area contributed by atoms with Gasteiger partial charge in [0.2, 0.25) is 0 Å². The van der Waals surface area contributed by atoms with Gasteiger partial charge in [-0.05, 0) is 53.5 Å². The van der Waals surface area contributed by atoms with Crippen LogP contribution in [0.25, 0.3) is 23.3 Å². The lowest BCUT2D eigenvalue weighted by molar-refractivity contribution is 0.339. The summed E-state index contributed by atoms with van der Waals surface area (Å²) < 4.78 is 49.4. The molecule has 0 unspecified atom stereocenters. The smallest absolute Gasteiger partial charge is 0.166 e. The third-order valence-corrected chi connectivity index (χ3v) is 6.58. The third-order valence-electron chi connectivity index (χ3n) is 6.58. The van der Waals surface area contributed by atoms with Gasteiger partial charge in [-0.2, -0.15) is 0 Å². The van der Waals surface area contributed by atoms with Crippen molar-refractivity contribution in [1.82, 2.24) is 0 Å². The first-order valence-electron chi connectivity index (χ1n) is 11.8. The van der Waals surface area contributed by atoms with Crippen LogP contribution in [0.15, 0.2) is 67.3 Å². The molecule has 3 aromatic carbocycles. The lowest BCUT2D eigenvalue weighted by Crippen LogP contribution is -2.13. The Labute approximate surface area is 199 Å². The van der Waals surface area contributed by atoms with E-state index in [2.05, 4.69) is 13.5 Å². The van der Waals surface area contributed by atoms with E-state index in [-0.39, 0.29) is 17.3 Å². The third kappa shape index (κ3) is 5.44. The Kier molecular flexibility index (Phi) is 7.56. The van der Waals surface area contributed by atoms with Gasteiger partial charge in [0.25, 0.3) is 0 Å². The van der Waals surface area contributed by atoms with Crippen LogP contribution >= 0.6 is 0 Å². The summed E-state index contributed by atoms with van der Waals surface area (Å²) in [6.07, 6.45) is 8.83. The van der Waals surface area contributed by atoms with Gasteiger partial charge in [-0.25, -0.2) is 13.2 Å². The zero-order valence-corrected chi connectivity index (χ0v) is 19.4. The Balaban J connectivity index is 1.47. The first-order chi connectivity index (χ1) is 16.5. The van der Waals surface area contributed by atoms with Gasteiger partial charge in [0.05, 0.1) is 0 Å². The monoisotopic (exact) mass is 462 g/mol. The van der Waals surface area contributed by atoms with Gasteiger partial charge in [-0.1, -0.05) is 81.0 Å². The van der Waals surface area contributed by atoms with E-state index in [1.165, 1.54) is 6.07 Å². The van der Waals surface area contributed by atoms with Crippen LogP contribution in [-0.2, 0) is 0 Å². The van der Waals surface area contributed by atoms with Crippen molar-refractivity contribution in [2.45, 2.75) is 38.5 Å². The average molecular weight is 463 g/mol. The van der Waals surface area contributed by atoms with Crippen LogP contribution in [0, 0.1) is 23.4 Å². The lowest BCUT2D eigenvalue weighted by atomic mass is 9.79. The molecule has 1 aliphatic carbocycles. The molecule has 0 radical (unpaired) electrons. The average Bonchev–Trinajstić information content (AvgIpc) is 2.85. The fraction of sp³-hybridized carbons (Fsp3) is 0.267. The highest BCUT2D eigenvalue weighted by atomic mass is 19.2. The lowest BCUT2D eigenvalue weighted by Gasteiger charge is -2.27. The maximum atomic E-state index is 14.8. The molecule has 4 heteroatoms. The van der Waals surface area contributed by atoms with Gasteiger partial charge in [-0.3, -0.25) is 0 Å². The van der Waals surface area contributed by atoms with Crippen molar-refractivity contribution in [3.8, 4) is 16.9 Å². The second-order valence-electron chi connectivity index (χ2n) is 9.03. The van der Waals surface area contributed by atoms with Gasteiger partial charge in [0, 0.05) is 17.2 Å². The standard InChI is InChI=1S/C30H29F3O/c1-3-18-34-25-15-17-26(28(31)19-25)22-11-6-21(7-12-22)8-13-24-14-16-27(30(33)29(24)32)23-9-4-20(2)5-10-23/h3,6-8,11-17,19-20,23H,1,4-5,9-10,18H2,2H3/b13-8+. The SMILES string of the molecule is C=CCOc1ccc(-c2ccc(/C=C/c3ccc(C4CCC(C)CC4)c(F)c3F)cc2)c(F)c1. The second kappa shape index (κ2) is 10.8. The summed E-state index contributed by atoms with van der Waals surface area (Å²) in [5.41, 5.74) is 2.69. The molecule has 1 nitrogen and oxygen atoms in total. The van der Waals surface area contributed by atoms with E-state index in [1.807, 2.05) is 12.1 Å². The van der Waals surface area contributed by atoms with Crippen molar-refractivity contribution in [2.24, 2.45) is 5.92 Å². The molecule has 0 amide bonds. The van der Waals surface area contributed by atoms with Crippen molar-refractivity contribution >= 4 is 12.2 Å². The number of benzene rings is 3. The van der Waals surface area contributed by atoms with Crippen LogP contribution in [0.2, 0.25) is 0 Å². The zero-order chi connectivity index (χ0) is 24.1. The molecule has 1 fully saturated rings. The van der Waals surface area contributed by atoms with Crippen LogP contribution in [0.3, 0.4) is 0 Å². The molecular weight excluding hydrogens is 433 g/mol. The van der Waals surface area contributed by atoms with Gasteiger partial charge in [0.15, 0.2) is 11.6 Å². The maximum absolute atomic E-state index is 14.8. The van der Waals surface area contributed by atoms with Crippen molar-refractivity contribution < 1.29 is 17.9 Å². The maximum Gasteiger partial charge on any atom is 0.166 e. The molecule has 0 heterocycles. The molecule has 1 saturated carbocycles. The molecule has 3 aromatic rings. The van der Waals surface area contributed by atoms with Crippen LogP contribution in [0.1, 0.15) is 55.2 Å². The van der Waals surface area contributed by atoms with Crippen molar-refractivity contribution in [1.29, 1.82) is 0 Å². The largest absolute Gasteiger partial charge is 0.489 e. The molecule has 34 heavy (non-hydrogen) atoms. The van der Waals surface area contributed by atoms with E-state index in [0.717, 1.165) is 31.2 Å². The van der Waals surface area contributed by atoms with Crippen molar-refractivity contribution in [3.63, 3.8) is 0 Å². The molecule has 4 rings (SSSR count). The summed E-state index contributed by atoms with van der Waals surface area (Å²) >= 11 is 0. The Morgan fingerprint density at radius 2 is 1.62 bits per heavy atom. The summed E-state index contributed by atoms with van der Waals surface area (Å²) in [6.45, 7) is 6.10. The fourth-order valence-electron chi connectivity index (χ4n) is 4.53. The number of halogens is 3. The number of hydrogen-bond donors (Lipinski definition) is 0. The minimum Gasteiger partial charge on any atom is -0.489 e. The molecule has 0 spiro atoms. The molecule has 0 bridgehead atoms. The van der Waals surface area contributed by atoms with Crippen LogP contribution in [0.4, 0.5) is 13.2 Å². The summed E-state index contributed by atoms with van der Waals surface area (Å²) in [5.74, 6) is -0.712. The molecular formula is C30H29F3O. The highest BCUT2D eigenvalue weighted by Gasteiger charge is 2.24. The molecule has 176 valence electrons. The van der Waals surface area contributed by atoms with E-state index in [4.69, 9.17) is 4.74 Å². The van der Waals surface area contributed by atoms with E-state index in [9.17, 15) is 13.2 Å². The van der Waals surface area contributed by atoms with Gasteiger partial charge in [-0.15, -0.1) is 0 Å².